The molecule has 2 aromatic carbocycles. The average Bonchev–Trinajstić information content (AvgIpc) is 3.28. The second-order valence-corrected chi connectivity index (χ2v) is 9.11. The highest BCUT2D eigenvalue weighted by Gasteiger charge is 2.36. The summed E-state index contributed by atoms with van der Waals surface area (Å²) in [4.78, 5) is 16.0. The molecule has 1 amide bonds. The Morgan fingerprint density at radius 2 is 1.90 bits per heavy atom. The molecule has 0 aliphatic heterocycles. The number of carbonyl (C=O) groups excluding carboxylic acids is 1. The molecule has 0 spiro atoms. The zero-order valence-electron chi connectivity index (χ0n) is 15.8. The molecule has 1 heterocycles. The normalized spacial score (nSPS) is 18.7. The third-order valence-electron chi connectivity index (χ3n) is 5.30. The van der Waals surface area contributed by atoms with E-state index in [-0.39, 0.29) is 36.8 Å². The molecular weight excluding hydrogens is 390 g/mol. The molecule has 0 fully saturated rings. The van der Waals surface area contributed by atoms with Gasteiger partial charge in [0.05, 0.1) is 12.4 Å². The highest BCUT2D eigenvalue weighted by atomic mass is 32.2. The van der Waals surface area contributed by atoms with Gasteiger partial charge >= 0.3 is 0 Å². The molecule has 152 valence electrons. The standard InChI is InChI=1S/C21H23N3O4S/c25-10-9-22-29(27,28)13-17-16-7-3-1-5-14(16)11-19(17)24-21(26)20-12-15-6-2-4-8-18(15)23-20/h1-8,12,17,19,22-23,25H,9-11,13H2,(H,24,26)/t17-,19+/m0/s1. The maximum atomic E-state index is 12.9. The van der Waals surface area contributed by atoms with Crippen LogP contribution >= 0.6 is 0 Å². The molecule has 0 bridgehead atoms. The minimum Gasteiger partial charge on any atom is -0.395 e. The van der Waals surface area contributed by atoms with E-state index in [9.17, 15) is 13.2 Å². The van der Waals surface area contributed by atoms with Crippen molar-refractivity contribution in [1.82, 2.24) is 15.0 Å². The second-order valence-electron chi connectivity index (χ2n) is 7.26. The molecule has 8 heteroatoms. The maximum absolute atomic E-state index is 12.9. The number of aliphatic hydroxyl groups is 1. The van der Waals surface area contributed by atoms with Crippen molar-refractivity contribution in [3.8, 4) is 0 Å². The first-order valence-electron chi connectivity index (χ1n) is 9.51. The summed E-state index contributed by atoms with van der Waals surface area (Å²) in [6, 6.07) is 16.8. The molecule has 2 atom stereocenters. The van der Waals surface area contributed by atoms with Crippen molar-refractivity contribution in [2.75, 3.05) is 18.9 Å². The van der Waals surface area contributed by atoms with E-state index in [4.69, 9.17) is 5.11 Å². The van der Waals surface area contributed by atoms with Gasteiger partial charge in [-0.05, 0) is 29.7 Å². The van der Waals surface area contributed by atoms with Crippen molar-refractivity contribution < 1.29 is 18.3 Å². The number of aromatic nitrogens is 1. The quantitative estimate of drug-likeness (QED) is 0.471. The smallest absolute Gasteiger partial charge is 0.267 e. The molecule has 0 saturated heterocycles. The van der Waals surface area contributed by atoms with Gasteiger partial charge in [-0.3, -0.25) is 4.79 Å². The van der Waals surface area contributed by atoms with Crippen LogP contribution in [0.5, 0.6) is 0 Å². The van der Waals surface area contributed by atoms with Gasteiger partial charge in [-0.25, -0.2) is 13.1 Å². The molecule has 0 saturated carbocycles. The second kappa shape index (κ2) is 7.98. The Hall–Kier alpha value is -2.68. The van der Waals surface area contributed by atoms with Crippen LogP contribution in [0.4, 0.5) is 0 Å². The largest absolute Gasteiger partial charge is 0.395 e. The fourth-order valence-electron chi connectivity index (χ4n) is 3.97. The van der Waals surface area contributed by atoms with E-state index in [0.717, 1.165) is 22.0 Å². The highest BCUT2D eigenvalue weighted by Crippen LogP contribution is 2.34. The molecule has 1 aliphatic carbocycles. The van der Waals surface area contributed by atoms with Gasteiger partial charge in [0.25, 0.3) is 5.91 Å². The van der Waals surface area contributed by atoms with Crippen molar-refractivity contribution >= 4 is 26.8 Å². The van der Waals surface area contributed by atoms with Gasteiger partial charge in [0.1, 0.15) is 5.69 Å². The summed E-state index contributed by atoms with van der Waals surface area (Å²) >= 11 is 0. The minimum absolute atomic E-state index is 0.0250. The molecule has 0 unspecified atom stereocenters. The number of fused-ring (bicyclic) bond motifs is 2. The molecule has 1 aromatic heterocycles. The number of H-pyrrole nitrogens is 1. The molecule has 0 radical (unpaired) electrons. The number of nitrogens with one attached hydrogen (secondary N) is 3. The first kappa shape index (κ1) is 19.6. The van der Waals surface area contributed by atoms with E-state index in [2.05, 4.69) is 15.0 Å². The Balaban J connectivity index is 1.57. The number of hydrogen-bond acceptors (Lipinski definition) is 4. The molecule has 4 rings (SSSR count). The summed E-state index contributed by atoms with van der Waals surface area (Å²) in [6.45, 7) is -0.288. The summed E-state index contributed by atoms with van der Waals surface area (Å²) < 4.78 is 27.3. The Morgan fingerprint density at radius 3 is 2.69 bits per heavy atom. The highest BCUT2D eigenvalue weighted by molar-refractivity contribution is 7.89. The van der Waals surface area contributed by atoms with Crippen molar-refractivity contribution in [2.45, 2.75) is 18.4 Å². The van der Waals surface area contributed by atoms with E-state index in [1.807, 2.05) is 48.5 Å². The van der Waals surface area contributed by atoms with Crippen molar-refractivity contribution in [2.24, 2.45) is 0 Å². The third kappa shape index (κ3) is 4.19. The fraction of sp³-hybridized carbons (Fsp3) is 0.286. The van der Waals surface area contributed by atoms with Crippen LogP contribution in [-0.2, 0) is 16.4 Å². The van der Waals surface area contributed by atoms with Gasteiger partial charge < -0.3 is 15.4 Å². The average molecular weight is 413 g/mol. The van der Waals surface area contributed by atoms with Crippen LogP contribution < -0.4 is 10.0 Å². The summed E-state index contributed by atoms with van der Waals surface area (Å²) in [5.74, 6) is -0.776. The van der Waals surface area contributed by atoms with Gasteiger partial charge in [-0.2, -0.15) is 0 Å². The number of carbonyl (C=O) groups is 1. The van der Waals surface area contributed by atoms with Crippen LogP contribution in [0.3, 0.4) is 0 Å². The summed E-state index contributed by atoms with van der Waals surface area (Å²) in [5, 5.41) is 12.9. The van der Waals surface area contributed by atoms with Gasteiger partial charge in [0, 0.05) is 29.4 Å². The first-order chi connectivity index (χ1) is 14.0. The van der Waals surface area contributed by atoms with Crippen molar-refractivity contribution in [3.63, 3.8) is 0 Å². The summed E-state index contributed by atoms with van der Waals surface area (Å²) in [6.07, 6.45) is 0.572. The lowest BCUT2D eigenvalue weighted by atomic mass is 10.0. The predicted octanol–water partition coefficient (Wildman–Crippen LogP) is 1.52. The number of aliphatic hydroxyl groups excluding tert-OH is 1. The lowest BCUT2D eigenvalue weighted by Crippen LogP contribution is -2.42. The Bertz CT molecular complexity index is 1110. The first-order valence-corrected chi connectivity index (χ1v) is 11.2. The lowest BCUT2D eigenvalue weighted by Gasteiger charge is -2.22. The predicted molar refractivity (Wildman–Crippen MR) is 111 cm³/mol. The van der Waals surface area contributed by atoms with Gasteiger partial charge in [0.2, 0.25) is 10.0 Å². The summed E-state index contributed by atoms with van der Waals surface area (Å²) in [5.41, 5.74) is 3.29. The van der Waals surface area contributed by atoms with Crippen LogP contribution in [0.2, 0.25) is 0 Å². The molecule has 4 N–H and O–H groups in total. The monoisotopic (exact) mass is 413 g/mol. The zero-order valence-corrected chi connectivity index (χ0v) is 16.6. The van der Waals surface area contributed by atoms with Gasteiger partial charge in [-0.15, -0.1) is 0 Å². The van der Waals surface area contributed by atoms with Crippen LogP contribution in [0.1, 0.15) is 27.5 Å². The SMILES string of the molecule is O=C(N[C@@H]1Cc2ccccc2[C@@H]1CS(=O)(=O)NCCO)c1cc2ccccc2[nH]1. The summed E-state index contributed by atoms with van der Waals surface area (Å²) in [7, 11) is -3.59. The van der Waals surface area contributed by atoms with Crippen LogP contribution in [0.15, 0.2) is 54.6 Å². The molecule has 1 aliphatic rings. The van der Waals surface area contributed by atoms with Crippen LogP contribution in [-0.4, -0.2) is 49.4 Å². The minimum atomic E-state index is -3.59. The van der Waals surface area contributed by atoms with E-state index >= 15 is 0 Å². The number of rotatable bonds is 7. The molecule has 7 nitrogen and oxygen atoms in total. The van der Waals surface area contributed by atoms with E-state index in [1.54, 1.807) is 6.07 Å². The molecule has 29 heavy (non-hydrogen) atoms. The topological polar surface area (TPSA) is 111 Å². The van der Waals surface area contributed by atoms with Crippen LogP contribution in [0, 0.1) is 0 Å². The van der Waals surface area contributed by atoms with Crippen molar-refractivity contribution in [3.05, 3.63) is 71.4 Å². The Morgan fingerprint density at radius 1 is 1.14 bits per heavy atom. The Kier molecular flexibility index (Phi) is 5.40. The lowest BCUT2D eigenvalue weighted by molar-refractivity contribution is 0.0930. The van der Waals surface area contributed by atoms with Gasteiger partial charge in [0.15, 0.2) is 0 Å². The number of sulfonamides is 1. The van der Waals surface area contributed by atoms with Crippen molar-refractivity contribution in [1.29, 1.82) is 0 Å². The van der Waals surface area contributed by atoms with Gasteiger partial charge in [-0.1, -0.05) is 42.5 Å². The Labute approximate surface area is 169 Å². The zero-order chi connectivity index (χ0) is 20.4. The van der Waals surface area contributed by atoms with Crippen LogP contribution in [0.25, 0.3) is 10.9 Å². The maximum Gasteiger partial charge on any atom is 0.267 e. The third-order valence-corrected chi connectivity index (χ3v) is 6.75. The number of benzene rings is 2. The van der Waals surface area contributed by atoms with E-state index < -0.39 is 10.0 Å². The number of aromatic amines is 1. The van der Waals surface area contributed by atoms with E-state index in [0.29, 0.717) is 12.1 Å². The fourth-order valence-corrected chi connectivity index (χ4v) is 5.38. The number of amides is 1. The number of hydrogen-bond donors (Lipinski definition) is 4. The van der Waals surface area contributed by atoms with E-state index in [1.165, 1.54) is 0 Å². The number of para-hydroxylation sites is 1. The molecular formula is C21H23N3O4S. The molecule has 3 aromatic rings.